The minimum atomic E-state index is 0. The normalized spacial score (nSPS) is 0. The Morgan fingerprint density at radius 1 is 0.500 bits per heavy atom. The van der Waals surface area contributed by atoms with Crippen LogP contribution in [0.25, 0.3) is 0 Å². The van der Waals surface area contributed by atoms with Crippen LogP contribution in [0.3, 0.4) is 0 Å². The predicted octanol–water partition coefficient (Wildman–Crippen LogP) is -0.0147. The molecule has 0 aromatic carbocycles. The third-order valence-corrected chi connectivity index (χ3v) is 0. The third kappa shape index (κ3) is 29.8. The molecule has 0 atom stereocenters. The minimum Gasteiger partial charge on any atom is -2.00 e. The van der Waals surface area contributed by atoms with E-state index in [1.54, 1.807) is 0 Å². The fourth-order valence-electron chi connectivity index (χ4n) is 0. The first kappa shape index (κ1) is 70.4. The van der Waals surface area contributed by atoms with Crippen LogP contribution in [0.4, 0.5) is 0 Å². The molecule has 0 spiro atoms. The summed E-state index contributed by atoms with van der Waals surface area (Å²) >= 11 is 0. The Kier molecular flexibility index (Phi) is 555. The SMILES string of the molecule is [Cu+2].[Cu+2].[S-2].[S-2].[S-2].[Zn+2]. The average molecular weight is 289 g/mol. The molecule has 0 saturated carbocycles. The van der Waals surface area contributed by atoms with Crippen LogP contribution < -0.4 is 0 Å². The molecule has 0 aliphatic rings. The number of hydrogen-bond acceptors (Lipinski definition) is 0. The van der Waals surface area contributed by atoms with Gasteiger partial charge in [-0.2, -0.15) is 0 Å². The summed E-state index contributed by atoms with van der Waals surface area (Å²) in [5, 5.41) is 0. The summed E-state index contributed by atoms with van der Waals surface area (Å²) in [5.74, 6) is 0. The summed E-state index contributed by atoms with van der Waals surface area (Å²) in [6.07, 6.45) is 0. The minimum absolute atomic E-state index is 0. The van der Waals surface area contributed by atoms with E-state index in [9.17, 15) is 0 Å². The van der Waals surface area contributed by atoms with Crippen molar-refractivity contribution in [2.45, 2.75) is 0 Å². The van der Waals surface area contributed by atoms with Gasteiger partial charge in [-0.25, -0.2) is 0 Å². The second-order valence-corrected chi connectivity index (χ2v) is 0. The number of hydrogen-bond donors (Lipinski definition) is 0. The summed E-state index contributed by atoms with van der Waals surface area (Å²) in [6.45, 7) is 0. The largest absolute Gasteiger partial charge is 2.00 e. The van der Waals surface area contributed by atoms with E-state index in [0.29, 0.717) is 0 Å². The van der Waals surface area contributed by atoms with E-state index in [1.807, 2.05) is 0 Å². The van der Waals surface area contributed by atoms with Crippen LogP contribution in [0, 0.1) is 0 Å². The quantitative estimate of drug-likeness (QED) is 0.550. The van der Waals surface area contributed by atoms with E-state index in [-0.39, 0.29) is 94.1 Å². The van der Waals surface area contributed by atoms with Crippen molar-refractivity contribution in [3.8, 4) is 0 Å². The van der Waals surface area contributed by atoms with Crippen molar-refractivity contribution in [2.75, 3.05) is 0 Å². The van der Waals surface area contributed by atoms with Gasteiger partial charge in [0.25, 0.3) is 0 Å². The molecule has 0 unspecified atom stereocenters. The van der Waals surface area contributed by atoms with Gasteiger partial charge in [-0.15, -0.1) is 0 Å². The van der Waals surface area contributed by atoms with Crippen LogP contribution in [0.15, 0.2) is 0 Å². The van der Waals surface area contributed by atoms with Gasteiger partial charge in [-0.1, -0.05) is 0 Å². The topological polar surface area (TPSA) is 0 Å². The monoisotopic (exact) mass is 286 g/mol. The van der Waals surface area contributed by atoms with E-state index in [0.717, 1.165) is 0 Å². The molecule has 42 valence electrons. The van der Waals surface area contributed by atoms with Crippen LogP contribution in [0.1, 0.15) is 0 Å². The summed E-state index contributed by atoms with van der Waals surface area (Å²) in [6, 6.07) is 0. The van der Waals surface area contributed by atoms with Crippen LogP contribution in [0.2, 0.25) is 0 Å². The van der Waals surface area contributed by atoms with E-state index >= 15 is 0 Å². The second-order valence-electron chi connectivity index (χ2n) is 0. The Balaban J connectivity index is 0. The molecule has 0 saturated heterocycles. The first-order chi connectivity index (χ1) is 0. The maximum absolute atomic E-state index is 0. The zero-order chi connectivity index (χ0) is 0. The second kappa shape index (κ2) is 47.2. The standard InChI is InChI=1S/2Cu.3S.Zn/q2*+2;3*-2;+2. The maximum Gasteiger partial charge on any atom is 2.00 e. The van der Waals surface area contributed by atoms with Crippen molar-refractivity contribution < 1.29 is 53.6 Å². The molecular weight excluding hydrogens is 289 g/mol. The van der Waals surface area contributed by atoms with Gasteiger partial charge in [0.1, 0.15) is 0 Å². The van der Waals surface area contributed by atoms with Crippen LogP contribution in [-0.4, -0.2) is 0 Å². The summed E-state index contributed by atoms with van der Waals surface area (Å²) < 4.78 is 0. The molecule has 0 aromatic rings. The molecule has 0 amide bonds. The van der Waals surface area contributed by atoms with Gasteiger partial charge in [-0.05, 0) is 0 Å². The van der Waals surface area contributed by atoms with Crippen LogP contribution in [-0.2, 0) is 94.1 Å². The zero-order valence-electron chi connectivity index (χ0n) is 2.53. The predicted molar refractivity (Wildman–Crippen MR) is 22.1 cm³/mol. The summed E-state index contributed by atoms with van der Waals surface area (Å²) in [5.41, 5.74) is 0. The van der Waals surface area contributed by atoms with Crippen molar-refractivity contribution in [3.05, 3.63) is 0 Å². The average Bonchev–Trinajstić information content (AvgIpc) is 0. The van der Waals surface area contributed by atoms with Gasteiger partial charge in [0, 0.05) is 0 Å². The fraction of sp³-hybridized carbons (Fsp3) is 0. The Morgan fingerprint density at radius 3 is 0.500 bits per heavy atom. The molecule has 6 heavy (non-hydrogen) atoms. The molecule has 0 nitrogen and oxygen atoms in total. The van der Waals surface area contributed by atoms with Crippen molar-refractivity contribution in [1.82, 2.24) is 0 Å². The molecule has 0 rings (SSSR count). The molecule has 0 bridgehead atoms. The molecule has 6 heteroatoms. The van der Waals surface area contributed by atoms with Gasteiger partial charge in [0.2, 0.25) is 0 Å². The maximum atomic E-state index is 0. The summed E-state index contributed by atoms with van der Waals surface area (Å²) in [7, 11) is 0. The number of rotatable bonds is 0. The van der Waals surface area contributed by atoms with Gasteiger partial charge in [-0.3, -0.25) is 0 Å². The van der Waals surface area contributed by atoms with Crippen molar-refractivity contribution in [1.29, 1.82) is 0 Å². The molecule has 0 aliphatic carbocycles. The Labute approximate surface area is 93.0 Å². The van der Waals surface area contributed by atoms with Gasteiger partial charge in [0.05, 0.1) is 0 Å². The molecular formula is Cu2S3Zn. The fourth-order valence-corrected chi connectivity index (χ4v) is 0. The van der Waals surface area contributed by atoms with E-state index in [2.05, 4.69) is 0 Å². The molecule has 0 aliphatic heterocycles. The van der Waals surface area contributed by atoms with E-state index < -0.39 is 0 Å². The smallest absolute Gasteiger partial charge is 2.00 e. The first-order valence-corrected chi connectivity index (χ1v) is 0. The van der Waals surface area contributed by atoms with Crippen molar-refractivity contribution >= 4 is 40.5 Å². The zero-order valence-corrected chi connectivity index (χ0v) is 9.83. The first-order valence-electron chi connectivity index (χ1n) is 0. The van der Waals surface area contributed by atoms with Gasteiger partial charge < -0.3 is 40.5 Å². The molecule has 0 N–H and O–H groups in total. The van der Waals surface area contributed by atoms with Gasteiger partial charge >= 0.3 is 53.6 Å². The van der Waals surface area contributed by atoms with Crippen molar-refractivity contribution in [3.63, 3.8) is 0 Å². The Morgan fingerprint density at radius 2 is 0.500 bits per heavy atom. The molecule has 0 fully saturated rings. The molecule has 0 aromatic heterocycles. The van der Waals surface area contributed by atoms with E-state index in [1.165, 1.54) is 0 Å². The van der Waals surface area contributed by atoms with Crippen LogP contribution in [0.5, 0.6) is 0 Å². The van der Waals surface area contributed by atoms with E-state index in [4.69, 9.17) is 0 Å². The molecule has 0 heterocycles. The Bertz CT molecular complexity index is 8.75. The van der Waals surface area contributed by atoms with Gasteiger partial charge in [0.15, 0.2) is 0 Å². The molecule has 2 radical (unpaired) electrons. The third-order valence-electron chi connectivity index (χ3n) is 0. The van der Waals surface area contributed by atoms with Crippen molar-refractivity contribution in [2.24, 2.45) is 0 Å². The van der Waals surface area contributed by atoms with Crippen LogP contribution >= 0.6 is 0 Å². The Hall–Kier alpha value is 2.71. The summed E-state index contributed by atoms with van der Waals surface area (Å²) in [4.78, 5) is 0.